The van der Waals surface area contributed by atoms with E-state index in [1.165, 1.54) is 69.3 Å². The Bertz CT molecular complexity index is 494. The van der Waals surface area contributed by atoms with Gasteiger partial charge in [-0.25, -0.2) is 0 Å². The second-order valence-electron chi connectivity index (χ2n) is 7.43. The molecule has 2 heterocycles. The lowest BCUT2D eigenvalue weighted by Crippen LogP contribution is -2.38. The van der Waals surface area contributed by atoms with Gasteiger partial charge >= 0.3 is 0 Å². The van der Waals surface area contributed by atoms with Crippen LogP contribution in [0.25, 0.3) is 0 Å². The molecule has 23 heavy (non-hydrogen) atoms. The maximum absolute atomic E-state index is 6.34. The molecule has 2 N–H and O–H groups in total. The predicted molar refractivity (Wildman–Crippen MR) is 100 cm³/mol. The Morgan fingerprint density at radius 3 is 2.57 bits per heavy atom. The average Bonchev–Trinajstić information content (AvgIpc) is 2.57. The zero-order chi connectivity index (χ0) is 16.1. The van der Waals surface area contributed by atoms with Crippen LogP contribution in [0.3, 0.4) is 0 Å². The highest BCUT2D eigenvalue weighted by atomic mass is 15.2. The lowest BCUT2D eigenvalue weighted by Gasteiger charge is -2.33. The molecular weight excluding hydrogens is 282 g/mol. The van der Waals surface area contributed by atoms with Crippen molar-refractivity contribution in [1.29, 1.82) is 0 Å². The van der Waals surface area contributed by atoms with Gasteiger partial charge in [-0.15, -0.1) is 0 Å². The van der Waals surface area contributed by atoms with Crippen LogP contribution in [-0.2, 0) is 6.42 Å². The van der Waals surface area contributed by atoms with Crippen LogP contribution in [0.15, 0.2) is 18.2 Å². The van der Waals surface area contributed by atoms with Crippen molar-refractivity contribution in [3.05, 3.63) is 23.8 Å². The molecule has 0 bridgehead atoms. The van der Waals surface area contributed by atoms with Crippen LogP contribution in [-0.4, -0.2) is 37.1 Å². The molecule has 0 aliphatic carbocycles. The molecule has 0 spiro atoms. The summed E-state index contributed by atoms with van der Waals surface area (Å²) < 4.78 is 0. The molecule has 1 aromatic carbocycles. The molecule has 3 nitrogen and oxygen atoms in total. The fraction of sp³-hybridized carbons (Fsp3) is 0.700. The molecule has 1 aromatic rings. The maximum Gasteiger partial charge on any atom is 0.0600 e. The summed E-state index contributed by atoms with van der Waals surface area (Å²) in [6, 6.07) is 7.53. The van der Waals surface area contributed by atoms with Crippen LogP contribution in [0.1, 0.15) is 57.4 Å². The highest BCUT2D eigenvalue weighted by molar-refractivity contribution is 5.68. The van der Waals surface area contributed by atoms with E-state index in [-0.39, 0.29) is 0 Å². The monoisotopic (exact) mass is 315 g/mol. The molecule has 0 aromatic heterocycles. The van der Waals surface area contributed by atoms with E-state index in [1.807, 2.05) is 0 Å². The van der Waals surface area contributed by atoms with Crippen LogP contribution in [0.4, 0.5) is 11.4 Å². The molecular formula is C20H33N3. The first-order chi connectivity index (χ1) is 11.2. The Morgan fingerprint density at radius 2 is 1.83 bits per heavy atom. The van der Waals surface area contributed by atoms with Gasteiger partial charge < -0.3 is 15.5 Å². The highest BCUT2D eigenvalue weighted by Gasteiger charge is 2.17. The molecule has 3 rings (SSSR count). The van der Waals surface area contributed by atoms with Crippen molar-refractivity contribution in [2.75, 3.05) is 36.8 Å². The van der Waals surface area contributed by atoms with E-state index in [4.69, 9.17) is 5.73 Å². The maximum atomic E-state index is 6.34. The zero-order valence-corrected chi connectivity index (χ0v) is 14.8. The number of benzene rings is 1. The van der Waals surface area contributed by atoms with Gasteiger partial charge in [0.25, 0.3) is 0 Å². The normalized spacial score (nSPS) is 23.2. The summed E-state index contributed by atoms with van der Waals surface area (Å²) in [6.45, 7) is 7.23. The number of anilines is 2. The van der Waals surface area contributed by atoms with E-state index >= 15 is 0 Å². The molecule has 2 fully saturated rings. The van der Waals surface area contributed by atoms with E-state index in [9.17, 15) is 0 Å². The summed E-state index contributed by atoms with van der Waals surface area (Å²) >= 11 is 0. The first-order valence-electron chi connectivity index (χ1n) is 9.61. The number of hydrogen-bond donors (Lipinski definition) is 1. The third-order valence-corrected chi connectivity index (χ3v) is 5.64. The van der Waals surface area contributed by atoms with Gasteiger partial charge in [0.1, 0.15) is 0 Å². The molecule has 1 unspecified atom stereocenters. The topological polar surface area (TPSA) is 32.5 Å². The van der Waals surface area contributed by atoms with Crippen LogP contribution >= 0.6 is 0 Å². The second-order valence-corrected chi connectivity index (χ2v) is 7.43. The van der Waals surface area contributed by atoms with Crippen molar-refractivity contribution >= 4 is 11.4 Å². The van der Waals surface area contributed by atoms with Crippen LogP contribution in [0.5, 0.6) is 0 Å². The lowest BCUT2D eigenvalue weighted by molar-refractivity contribution is 0.159. The quantitative estimate of drug-likeness (QED) is 0.832. The smallest absolute Gasteiger partial charge is 0.0600 e. The number of nitrogens with zero attached hydrogens (tertiary/aromatic N) is 2. The number of aryl methyl sites for hydroxylation is 1. The standard InChI is InChI=1S/C20H33N3/c1-17-8-3-6-12-22(17)15-7-9-18-10-11-20(19(21)16-18)23-13-4-2-5-14-23/h10-11,16-17H,2-9,12-15,21H2,1H3. The third-order valence-electron chi connectivity index (χ3n) is 5.64. The SMILES string of the molecule is CC1CCCCN1CCCc1ccc(N2CCCCC2)c(N)c1. The zero-order valence-electron chi connectivity index (χ0n) is 14.8. The lowest BCUT2D eigenvalue weighted by atomic mass is 10.0. The molecule has 128 valence electrons. The van der Waals surface area contributed by atoms with E-state index in [0.717, 1.165) is 31.2 Å². The molecule has 2 aliphatic rings. The Morgan fingerprint density at radius 1 is 1.04 bits per heavy atom. The molecule has 0 radical (unpaired) electrons. The summed E-state index contributed by atoms with van der Waals surface area (Å²) in [4.78, 5) is 5.12. The number of piperidine rings is 2. The summed E-state index contributed by atoms with van der Waals surface area (Å²) in [5.74, 6) is 0. The molecule has 2 saturated heterocycles. The van der Waals surface area contributed by atoms with Gasteiger partial charge in [-0.3, -0.25) is 0 Å². The van der Waals surface area contributed by atoms with Crippen molar-refractivity contribution in [2.24, 2.45) is 0 Å². The van der Waals surface area contributed by atoms with E-state index in [2.05, 4.69) is 34.9 Å². The number of likely N-dealkylation sites (tertiary alicyclic amines) is 1. The number of nitrogen functional groups attached to an aromatic ring is 1. The van der Waals surface area contributed by atoms with Crippen LogP contribution in [0.2, 0.25) is 0 Å². The van der Waals surface area contributed by atoms with Crippen molar-refractivity contribution < 1.29 is 0 Å². The minimum atomic E-state index is 0.773. The van der Waals surface area contributed by atoms with Gasteiger partial charge in [-0.1, -0.05) is 12.5 Å². The predicted octanol–water partition coefficient (Wildman–Crippen LogP) is 4.07. The fourth-order valence-corrected chi connectivity index (χ4v) is 4.16. The van der Waals surface area contributed by atoms with E-state index < -0.39 is 0 Å². The average molecular weight is 316 g/mol. The van der Waals surface area contributed by atoms with Crippen molar-refractivity contribution in [3.63, 3.8) is 0 Å². The van der Waals surface area contributed by atoms with Gasteiger partial charge in [-0.2, -0.15) is 0 Å². The molecule has 0 saturated carbocycles. The Labute approximate surface area is 141 Å². The van der Waals surface area contributed by atoms with Crippen molar-refractivity contribution in [2.45, 2.75) is 64.3 Å². The van der Waals surface area contributed by atoms with Gasteiger partial charge in [0.15, 0.2) is 0 Å². The first kappa shape index (κ1) is 16.6. The Kier molecular flexibility index (Phi) is 5.82. The minimum absolute atomic E-state index is 0.773. The van der Waals surface area contributed by atoms with Crippen LogP contribution in [0, 0.1) is 0 Å². The molecule has 2 aliphatic heterocycles. The summed E-state index contributed by atoms with van der Waals surface area (Å²) in [5, 5.41) is 0. The van der Waals surface area contributed by atoms with Crippen LogP contribution < -0.4 is 10.6 Å². The van der Waals surface area contributed by atoms with Gasteiger partial charge in [0.05, 0.1) is 11.4 Å². The Balaban J connectivity index is 1.51. The number of rotatable bonds is 5. The van der Waals surface area contributed by atoms with Crippen molar-refractivity contribution in [3.8, 4) is 0 Å². The summed E-state index contributed by atoms with van der Waals surface area (Å²) in [5.41, 5.74) is 9.95. The largest absolute Gasteiger partial charge is 0.397 e. The number of hydrogen-bond acceptors (Lipinski definition) is 3. The summed E-state index contributed by atoms with van der Waals surface area (Å²) in [6.07, 6.45) is 10.5. The van der Waals surface area contributed by atoms with E-state index in [1.54, 1.807) is 0 Å². The second kappa shape index (κ2) is 8.05. The Hall–Kier alpha value is -1.22. The number of nitrogens with two attached hydrogens (primary N) is 1. The third kappa shape index (κ3) is 4.41. The molecule has 0 amide bonds. The van der Waals surface area contributed by atoms with Crippen molar-refractivity contribution in [1.82, 2.24) is 4.90 Å². The van der Waals surface area contributed by atoms with Gasteiger partial charge in [0.2, 0.25) is 0 Å². The highest BCUT2D eigenvalue weighted by Crippen LogP contribution is 2.27. The van der Waals surface area contributed by atoms with E-state index in [0.29, 0.717) is 0 Å². The molecule has 1 atom stereocenters. The van der Waals surface area contributed by atoms with Gasteiger partial charge in [0, 0.05) is 19.1 Å². The minimum Gasteiger partial charge on any atom is -0.397 e. The fourth-order valence-electron chi connectivity index (χ4n) is 4.16. The van der Waals surface area contributed by atoms with Gasteiger partial charge in [-0.05, 0) is 82.7 Å². The first-order valence-corrected chi connectivity index (χ1v) is 9.61. The molecule has 3 heteroatoms. The summed E-state index contributed by atoms with van der Waals surface area (Å²) in [7, 11) is 0.